The van der Waals surface area contributed by atoms with Crippen molar-refractivity contribution in [2.24, 2.45) is 0 Å². The van der Waals surface area contributed by atoms with Crippen LogP contribution in [0.1, 0.15) is 0 Å². The third kappa shape index (κ3) is 22.5. The number of pyridine rings is 1. The van der Waals surface area contributed by atoms with Crippen molar-refractivity contribution < 1.29 is 34.6 Å². The number of rotatable bonds is 0. The van der Waals surface area contributed by atoms with E-state index in [2.05, 4.69) is 4.98 Å². The number of H-pyrrole nitrogens is 1. The second-order valence-electron chi connectivity index (χ2n) is 2.18. The molecule has 0 bridgehead atoms. The standard InChI is InChI=1S/C5H4FN.F6P/c6-5-2-1-3-7-4-5;1-7(2,3,4,5)6/h1-4H;/q;-1/p+1. The van der Waals surface area contributed by atoms with Gasteiger partial charge in [0.05, 0.1) is 0 Å². The molecule has 1 heterocycles. The fourth-order valence-electron chi connectivity index (χ4n) is 0.371. The van der Waals surface area contributed by atoms with E-state index in [0.29, 0.717) is 0 Å². The van der Waals surface area contributed by atoms with Gasteiger partial charge in [-0.15, -0.1) is 0 Å². The smallest absolute Gasteiger partial charge is 0.203 e. The van der Waals surface area contributed by atoms with Gasteiger partial charge in [-0.25, -0.2) is 9.37 Å². The summed E-state index contributed by atoms with van der Waals surface area (Å²) in [4.78, 5) is 2.59. The molecule has 84 valence electrons. The minimum absolute atomic E-state index is 0.234. The molecule has 0 saturated heterocycles. The Kier molecular flexibility index (Phi) is 2.85. The molecule has 0 amide bonds. The summed E-state index contributed by atoms with van der Waals surface area (Å²) in [6, 6.07) is 2.99. The summed E-state index contributed by atoms with van der Waals surface area (Å²) in [7, 11) is -10.7. The van der Waals surface area contributed by atoms with Gasteiger partial charge in [0, 0.05) is 6.07 Å². The van der Waals surface area contributed by atoms with E-state index in [9.17, 15) is 29.6 Å². The van der Waals surface area contributed by atoms with Crippen molar-refractivity contribution in [1.82, 2.24) is 0 Å². The number of hydrogen-bond donors (Lipinski definition) is 0. The molecule has 0 atom stereocenters. The number of aromatic amines is 1. The summed E-state index contributed by atoms with van der Waals surface area (Å²) < 4.78 is 71.1. The number of nitrogens with one attached hydrogen (secondary N) is 1. The van der Waals surface area contributed by atoms with Crippen LogP contribution in [-0.4, -0.2) is 0 Å². The van der Waals surface area contributed by atoms with Crippen LogP contribution < -0.4 is 4.98 Å². The predicted molar refractivity (Wildman–Crippen MR) is 36.5 cm³/mol. The van der Waals surface area contributed by atoms with E-state index in [-0.39, 0.29) is 5.82 Å². The van der Waals surface area contributed by atoms with Crippen LogP contribution in [0.15, 0.2) is 24.5 Å². The molecule has 1 rings (SSSR count). The average molecular weight is 243 g/mol. The minimum atomic E-state index is -10.7. The first kappa shape index (κ1) is 13.1. The molecule has 0 saturated carbocycles. The summed E-state index contributed by atoms with van der Waals surface area (Å²) in [5.74, 6) is -0.234. The monoisotopic (exact) mass is 243 g/mol. The molecule has 1 aromatic heterocycles. The average Bonchev–Trinajstić information content (AvgIpc) is 1.81. The van der Waals surface area contributed by atoms with Crippen molar-refractivity contribution in [3.8, 4) is 0 Å². The van der Waals surface area contributed by atoms with E-state index in [4.69, 9.17) is 0 Å². The summed E-state index contributed by atoms with van der Waals surface area (Å²) in [5, 5.41) is 0. The number of halogens is 7. The summed E-state index contributed by atoms with van der Waals surface area (Å²) in [6.07, 6.45) is 2.95. The Balaban J connectivity index is 0.000000241. The topological polar surface area (TPSA) is 14.1 Å². The molecule has 0 aliphatic rings. The Bertz CT molecular complexity index is 278. The van der Waals surface area contributed by atoms with Gasteiger partial charge in [-0.1, -0.05) is 0 Å². The van der Waals surface area contributed by atoms with E-state index in [1.165, 1.54) is 12.3 Å². The Hall–Kier alpha value is -0.910. The Morgan fingerprint density at radius 1 is 1.00 bits per heavy atom. The third-order valence-electron chi connectivity index (χ3n) is 0.669. The fraction of sp³-hybridized carbons (Fsp3) is 0. The van der Waals surface area contributed by atoms with E-state index in [1.807, 2.05) is 0 Å². The summed E-state index contributed by atoms with van der Waals surface area (Å²) in [5.41, 5.74) is 0. The first-order chi connectivity index (χ1) is 5.84. The molecule has 0 fully saturated rings. The normalized spacial score (nSPS) is 15.9. The second-order valence-corrected chi connectivity index (χ2v) is 4.10. The van der Waals surface area contributed by atoms with Gasteiger partial charge in [0.2, 0.25) is 6.20 Å². The summed E-state index contributed by atoms with van der Waals surface area (Å²) in [6.45, 7) is 0. The molecule has 0 spiro atoms. The maximum atomic E-state index is 11.9. The van der Waals surface area contributed by atoms with Crippen molar-refractivity contribution in [3.05, 3.63) is 30.3 Å². The van der Waals surface area contributed by atoms with Crippen LogP contribution in [0.5, 0.6) is 0 Å². The molecule has 0 unspecified atom stereocenters. The van der Waals surface area contributed by atoms with E-state index in [0.717, 1.165) is 0 Å². The largest absolute Gasteiger partial charge is 0.215 e. The zero-order valence-electron chi connectivity index (χ0n) is 6.40. The van der Waals surface area contributed by atoms with Gasteiger partial charge in [-0.2, -0.15) is 0 Å². The first-order valence-corrected chi connectivity index (χ1v) is 5.05. The maximum absolute atomic E-state index is 11.9. The number of aromatic nitrogens is 1. The minimum Gasteiger partial charge on any atom is -0.215 e. The van der Waals surface area contributed by atoms with Crippen LogP contribution in [0.2, 0.25) is 0 Å². The molecular weight excluding hydrogens is 238 g/mol. The van der Waals surface area contributed by atoms with Crippen LogP contribution in [0.3, 0.4) is 0 Å². The molecule has 0 aliphatic heterocycles. The van der Waals surface area contributed by atoms with Gasteiger partial charge in [0.15, 0.2) is 12.0 Å². The molecule has 0 aliphatic carbocycles. The van der Waals surface area contributed by atoms with Gasteiger partial charge in [0.1, 0.15) is 0 Å². The second kappa shape index (κ2) is 3.05. The van der Waals surface area contributed by atoms with Crippen molar-refractivity contribution in [2.45, 2.75) is 0 Å². The molecule has 1 N–H and O–H groups in total. The van der Waals surface area contributed by atoms with Crippen molar-refractivity contribution in [2.75, 3.05) is 0 Å². The first-order valence-electron chi connectivity index (χ1n) is 3.02. The molecule has 14 heavy (non-hydrogen) atoms. The quantitative estimate of drug-likeness (QED) is 0.482. The molecular formula is C5H5F7NP. The van der Waals surface area contributed by atoms with Gasteiger partial charge in [-0.3, -0.25) is 0 Å². The molecule has 0 aromatic carbocycles. The summed E-state index contributed by atoms with van der Waals surface area (Å²) >= 11 is 0. The SMILES string of the molecule is F[P-](F)(F)(F)(F)F.Fc1ccc[nH+]c1. The van der Waals surface area contributed by atoms with Crippen LogP contribution in [0.4, 0.5) is 29.6 Å². The van der Waals surface area contributed by atoms with Gasteiger partial charge in [-0.05, 0) is 6.07 Å². The van der Waals surface area contributed by atoms with Crippen LogP contribution >= 0.6 is 7.81 Å². The van der Waals surface area contributed by atoms with Gasteiger partial charge >= 0.3 is 33.0 Å². The van der Waals surface area contributed by atoms with Gasteiger partial charge in [0.25, 0.3) is 0 Å². The van der Waals surface area contributed by atoms with Crippen molar-refractivity contribution in [3.63, 3.8) is 0 Å². The molecule has 1 aromatic rings. The fourth-order valence-corrected chi connectivity index (χ4v) is 0.371. The Morgan fingerprint density at radius 3 is 1.57 bits per heavy atom. The molecule has 9 heteroatoms. The van der Waals surface area contributed by atoms with E-state index >= 15 is 0 Å². The Labute approximate surface area is 73.8 Å². The molecule has 1 nitrogen and oxygen atoms in total. The van der Waals surface area contributed by atoms with Crippen LogP contribution in [0.25, 0.3) is 0 Å². The third-order valence-corrected chi connectivity index (χ3v) is 0.669. The van der Waals surface area contributed by atoms with Gasteiger partial charge < -0.3 is 0 Å². The molecule has 0 radical (unpaired) electrons. The van der Waals surface area contributed by atoms with Crippen LogP contribution in [0, 0.1) is 5.82 Å². The van der Waals surface area contributed by atoms with Crippen molar-refractivity contribution in [1.29, 1.82) is 0 Å². The van der Waals surface area contributed by atoms with Crippen molar-refractivity contribution >= 4 is 7.81 Å². The zero-order chi connectivity index (χ0) is 11.5. The Morgan fingerprint density at radius 2 is 1.43 bits per heavy atom. The maximum Gasteiger partial charge on any atom is 0.203 e. The van der Waals surface area contributed by atoms with Crippen LogP contribution in [-0.2, 0) is 0 Å². The predicted octanol–water partition coefficient (Wildman–Crippen LogP) is 4.02. The zero-order valence-corrected chi connectivity index (χ0v) is 7.30. The number of hydrogen-bond acceptors (Lipinski definition) is 0. The van der Waals surface area contributed by atoms with E-state index in [1.54, 1.807) is 12.3 Å². The van der Waals surface area contributed by atoms with E-state index < -0.39 is 7.81 Å².